The van der Waals surface area contributed by atoms with Crippen molar-refractivity contribution in [1.29, 1.82) is 0 Å². The molecule has 1 aliphatic rings. The maximum absolute atomic E-state index is 11.6. The first-order chi connectivity index (χ1) is 10.8. The van der Waals surface area contributed by atoms with Gasteiger partial charge in [-0.15, -0.1) is 11.8 Å². The highest BCUT2D eigenvalue weighted by Gasteiger charge is 2.11. The summed E-state index contributed by atoms with van der Waals surface area (Å²) in [5.41, 5.74) is 1.98. The van der Waals surface area contributed by atoms with Crippen LogP contribution in [0.3, 0.4) is 0 Å². The van der Waals surface area contributed by atoms with Gasteiger partial charge in [-0.05, 0) is 29.8 Å². The Bertz CT molecular complexity index is 665. The zero-order valence-corrected chi connectivity index (χ0v) is 13.3. The summed E-state index contributed by atoms with van der Waals surface area (Å²) in [6.45, 7) is 3.10. The van der Waals surface area contributed by atoms with Gasteiger partial charge >= 0.3 is 0 Å². The van der Waals surface area contributed by atoms with Crippen LogP contribution in [0.25, 0.3) is 0 Å². The topological polar surface area (TPSA) is 35.5 Å². The molecule has 4 heteroatoms. The van der Waals surface area contributed by atoms with Crippen molar-refractivity contribution in [2.45, 2.75) is 24.0 Å². The second-order valence-corrected chi connectivity index (χ2v) is 6.12. The van der Waals surface area contributed by atoms with Crippen molar-refractivity contribution in [3.63, 3.8) is 0 Å². The second kappa shape index (κ2) is 6.88. The third-order valence-electron chi connectivity index (χ3n) is 3.51. The van der Waals surface area contributed by atoms with Gasteiger partial charge in [0, 0.05) is 22.6 Å². The molecule has 0 saturated carbocycles. The predicted octanol–water partition coefficient (Wildman–Crippen LogP) is 4.34. The highest BCUT2D eigenvalue weighted by Crippen LogP contribution is 2.33. The van der Waals surface area contributed by atoms with Crippen molar-refractivity contribution in [3.05, 3.63) is 53.6 Å². The first-order valence-electron chi connectivity index (χ1n) is 7.41. The van der Waals surface area contributed by atoms with Crippen LogP contribution >= 0.6 is 11.8 Å². The van der Waals surface area contributed by atoms with Crippen LogP contribution in [0.2, 0.25) is 0 Å². The van der Waals surface area contributed by atoms with Gasteiger partial charge in [0.2, 0.25) is 0 Å². The van der Waals surface area contributed by atoms with Crippen LogP contribution in [-0.2, 0) is 5.75 Å². The van der Waals surface area contributed by atoms with E-state index in [1.54, 1.807) is 11.8 Å². The van der Waals surface area contributed by atoms with E-state index in [2.05, 4.69) is 6.07 Å². The Balaban J connectivity index is 1.63. The Kier molecular flexibility index (Phi) is 4.68. The lowest BCUT2D eigenvalue weighted by Crippen LogP contribution is -2.15. The quantitative estimate of drug-likeness (QED) is 0.607. The van der Waals surface area contributed by atoms with Gasteiger partial charge in [-0.1, -0.05) is 25.1 Å². The molecule has 0 aromatic heterocycles. The van der Waals surface area contributed by atoms with Crippen molar-refractivity contribution in [1.82, 2.24) is 0 Å². The van der Waals surface area contributed by atoms with E-state index in [1.165, 1.54) is 5.56 Å². The van der Waals surface area contributed by atoms with Crippen molar-refractivity contribution in [2.24, 2.45) is 0 Å². The van der Waals surface area contributed by atoms with E-state index in [0.717, 1.165) is 27.7 Å². The maximum Gasteiger partial charge on any atom is 0.162 e. The van der Waals surface area contributed by atoms with Gasteiger partial charge in [0.1, 0.15) is 13.2 Å². The molecule has 0 radical (unpaired) electrons. The number of fused-ring (bicyclic) bond motifs is 1. The van der Waals surface area contributed by atoms with E-state index >= 15 is 0 Å². The van der Waals surface area contributed by atoms with Crippen molar-refractivity contribution in [2.75, 3.05) is 13.2 Å². The van der Waals surface area contributed by atoms with Crippen LogP contribution in [0.15, 0.2) is 47.4 Å². The number of thioether (sulfide) groups is 1. The molecule has 22 heavy (non-hydrogen) atoms. The van der Waals surface area contributed by atoms with Crippen molar-refractivity contribution >= 4 is 17.5 Å². The number of hydrogen-bond donors (Lipinski definition) is 0. The lowest BCUT2D eigenvalue weighted by atomic mass is 10.1. The summed E-state index contributed by atoms with van der Waals surface area (Å²) in [5, 5.41) is 0. The second-order valence-electron chi connectivity index (χ2n) is 5.07. The average molecular weight is 314 g/mol. The minimum atomic E-state index is 0.184. The smallest absolute Gasteiger partial charge is 0.162 e. The Morgan fingerprint density at radius 1 is 1.05 bits per heavy atom. The average Bonchev–Trinajstić information content (AvgIpc) is 2.59. The molecule has 0 fully saturated rings. The minimum Gasteiger partial charge on any atom is -0.486 e. The molecule has 1 aliphatic heterocycles. The Hall–Kier alpha value is -1.94. The summed E-state index contributed by atoms with van der Waals surface area (Å²) in [4.78, 5) is 12.8. The normalized spacial score (nSPS) is 13.0. The Morgan fingerprint density at radius 3 is 2.50 bits per heavy atom. The zero-order chi connectivity index (χ0) is 15.4. The molecule has 0 bridgehead atoms. The molecule has 1 heterocycles. The summed E-state index contributed by atoms with van der Waals surface area (Å²) in [7, 11) is 0. The van der Waals surface area contributed by atoms with Gasteiger partial charge in [0.25, 0.3) is 0 Å². The Labute approximate surface area is 134 Å². The van der Waals surface area contributed by atoms with Gasteiger partial charge in [0.15, 0.2) is 17.3 Å². The number of hydrogen-bond acceptors (Lipinski definition) is 4. The molecule has 0 spiro atoms. The molecular weight excluding hydrogens is 296 g/mol. The molecule has 0 aliphatic carbocycles. The first kappa shape index (κ1) is 15.0. The third kappa shape index (κ3) is 3.45. The van der Waals surface area contributed by atoms with Crippen LogP contribution in [-0.4, -0.2) is 19.0 Å². The predicted molar refractivity (Wildman–Crippen MR) is 88.1 cm³/mol. The van der Waals surface area contributed by atoms with E-state index in [4.69, 9.17) is 9.47 Å². The number of benzene rings is 2. The summed E-state index contributed by atoms with van der Waals surface area (Å²) >= 11 is 1.74. The lowest BCUT2D eigenvalue weighted by molar-refractivity contribution is 0.0988. The van der Waals surface area contributed by atoms with E-state index in [-0.39, 0.29) is 5.78 Å². The molecule has 0 amide bonds. The largest absolute Gasteiger partial charge is 0.486 e. The van der Waals surface area contributed by atoms with Crippen molar-refractivity contribution in [3.8, 4) is 11.5 Å². The fourth-order valence-corrected chi connectivity index (χ4v) is 3.13. The number of rotatable bonds is 5. The van der Waals surface area contributed by atoms with Crippen molar-refractivity contribution < 1.29 is 14.3 Å². The third-order valence-corrected chi connectivity index (χ3v) is 4.59. The van der Waals surface area contributed by atoms with E-state index in [0.29, 0.717) is 19.6 Å². The zero-order valence-electron chi connectivity index (χ0n) is 12.5. The number of carbonyl (C=O) groups excluding carboxylic acids is 1. The molecule has 3 nitrogen and oxygen atoms in total. The molecule has 0 saturated heterocycles. The highest BCUT2D eigenvalue weighted by atomic mass is 32.2. The standard InChI is InChI=1S/C18H18O3S/c1-2-16(19)14-4-6-15(7-5-14)22-12-13-3-8-17-18(11-13)21-10-9-20-17/h3-8,11H,2,9-10,12H2,1H3. The van der Waals surface area contributed by atoms with E-state index in [9.17, 15) is 4.79 Å². The minimum absolute atomic E-state index is 0.184. The van der Waals surface area contributed by atoms with Crippen LogP contribution in [0.1, 0.15) is 29.3 Å². The number of ketones is 1. The maximum atomic E-state index is 11.6. The fraction of sp³-hybridized carbons (Fsp3) is 0.278. The molecule has 2 aromatic carbocycles. The van der Waals surface area contributed by atoms with Gasteiger partial charge < -0.3 is 9.47 Å². The lowest BCUT2D eigenvalue weighted by Gasteiger charge is -2.18. The monoisotopic (exact) mass is 314 g/mol. The van der Waals surface area contributed by atoms with Crippen LogP contribution in [0.5, 0.6) is 11.5 Å². The van der Waals surface area contributed by atoms with Gasteiger partial charge in [-0.2, -0.15) is 0 Å². The van der Waals surface area contributed by atoms with Gasteiger partial charge in [0.05, 0.1) is 0 Å². The fourth-order valence-electron chi connectivity index (χ4n) is 2.29. The molecular formula is C18H18O3S. The number of carbonyl (C=O) groups is 1. The molecule has 2 aromatic rings. The summed E-state index contributed by atoms with van der Waals surface area (Å²) < 4.78 is 11.1. The molecule has 3 rings (SSSR count). The van der Waals surface area contributed by atoms with Gasteiger partial charge in [-0.3, -0.25) is 4.79 Å². The Morgan fingerprint density at radius 2 is 1.77 bits per heavy atom. The van der Waals surface area contributed by atoms with E-state index < -0.39 is 0 Å². The van der Waals surface area contributed by atoms with E-state index in [1.807, 2.05) is 43.3 Å². The van der Waals surface area contributed by atoms with Crippen LogP contribution < -0.4 is 9.47 Å². The number of ether oxygens (including phenoxy) is 2. The summed E-state index contributed by atoms with van der Waals surface area (Å²) in [6, 6.07) is 13.9. The molecule has 114 valence electrons. The molecule has 0 atom stereocenters. The molecule has 0 unspecified atom stereocenters. The SMILES string of the molecule is CCC(=O)c1ccc(SCc2ccc3c(c2)OCCO3)cc1. The molecule has 0 N–H and O–H groups in total. The highest BCUT2D eigenvalue weighted by molar-refractivity contribution is 7.98. The summed E-state index contributed by atoms with van der Waals surface area (Å²) in [6.07, 6.45) is 0.545. The van der Waals surface area contributed by atoms with Crippen LogP contribution in [0.4, 0.5) is 0 Å². The summed E-state index contributed by atoms with van der Waals surface area (Å²) in [5.74, 6) is 2.69. The first-order valence-corrected chi connectivity index (χ1v) is 8.39. The number of Topliss-reactive ketones (excluding diaryl/α,β-unsaturated/α-hetero) is 1. The van der Waals surface area contributed by atoms with Gasteiger partial charge in [-0.25, -0.2) is 0 Å². The van der Waals surface area contributed by atoms with Crippen LogP contribution in [0, 0.1) is 0 Å².